The lowest BCUT2D eigenvalue weighted by atomic mass is 10.1. The highest BCUT2D eigenvalue weighted by molar-refractivity contribution is 5.76. The fourth-order valence-corrected chi connectivity index (χ4v) is 3.35. The van der Waals surface area contributed by atoms with E-state index < -0.39 is 5.97 Å². The Labute approximate surface area is 167 Å². The normalized spacial score (nSPS) is 11.1. The molecule has 0 radical (unpaired) electrons. The van der Waals surface area contributed by atoms with Gasteiger partial charge in [-0.3, -0.25) is 13.9 Å². The van der Waals surface area contributed by atoms with Crippen LogP contribution in [0.1, 0.15) is 19.1 Å². The smallest absolute Gasteiger partial charge is 0.329 e. The summed E-state index contributed by atoms with van der Waals surface area (Å²) in [7, 11) is 0. The molecular formula is C22H21N3O4. The molecule has 0 amide bonds. The van der Waals surface area contributed by atoms with Gasteiger partial charge in [-0.15, -0.1) is 0 Å². The predicted octanol–water partition coefficient (Wildman–Crippen LogP) is 3.61. The van der Waals surface area contributed by atoms with Crippen molar-refractivity contribution in [1.29, 1.82) is 0 Å². The summed E-state index contributed by atoms with van der Waals surface area (Å²) in [4.78, 5) is 24.8. The van der Waals surface area contributed by atoms with Gasteiger partial charge in [0, 0.05) is 24.7 Å². The van der Waals surface area contributed by atoms with Crippen LogP contribution in [0.2, 0.25) is 0 Å². The van der Waals surface area contributed by atoms with Crippen molar-refractivity contribution in [3.05, 3.63) is 76.9 Å². The Morgan fingerprint density at radius 2 is 1.72 bits per heavy atom. The van der Waals surface area contributed by atoms with Crippen molar-refractivity contribution in [2.24, 2.45) is 0 Å². The van der Waals surface area contributed by atoms with Gasteiger partial charge >= 0.3 is 11.7 Å². The van der Waals surface area contributed by atoms with E-state index in [9.17, 15) is 9.59 Å². The van der Waals surface area contributed by atoms with E-state index in [2.05, 4.69) is 5.16 Å². The maximum Gasteiger partial charge on any atom is 0.329 e. The van der Waals surface area contributed by atoms with Crippen molar-refractivity contribution in [2.45, 2.75) is 33.0 Å². The molecule has 2 aromatic heterocycles. The second-order valence-corrected chi connectivity index (χ2v) is 6.62. The topological polar surface area (TPSA) is 79.3 Å². The number of aryl methyl sites for hydroxylation is 2. The number of hydrogen-bond acceptors (Lipinski definition) is 5. The van der Waals surface area contributed by atoms with E-state index >= 15 is 0 Å². The van der Waals surface area contributed by atoms with Crippen molar-refractivity contribution in [2.75, 3.05) is 0 Å². The van der Waals surface area contributed by atoms with E-state index in [-0.39, 0.29) is 25.3 Å². The number of imidazole rings is 1. The Kier molecular flexibility index (Phi) is 5.29. The molecule has 4 rings (SSSR count). The number of para-hydroxylation sites is 2. The molecular weight excluding hydrogens is 370 g/mol. The Morgan fingerprint density at radius 1 is 1.03 bits per heavy atom. The molecule has 2 heterocycles. The van der Waals surface area contributed by atoms with Crippen LogP contribution in [0, 0.1) is 0 Å². The van der Waals surface area contributed by atoms with Gasteiger partial charge in [-0.05, 0) is 19.1 Å². The third kappa shape index (κ3) is 3.85. The lowest BCUT2D eigenvalue weighted by Crippen LogP contribution is -2.25. The highest BCUT2D eigenvalue weighted by Gasteiger charge is 2.14. The molecule has 4 aromatic rings. The fraction of sp³-hybridized carbons (Fsp3) is 0.227. The highest BCUT2D eigenvalue weighted by Crippen LogP contribution is 2.19. The van der Waals surface area contributed by atoms with Crippen molar-refractivity contribution in [3.8, 4) is 11.3 Å². The molecule has 0 spiro atoms. The second kappa shape index (κ2) is 8.18. The third-order valence-electron chi connectivity index (χ3n) is 4.78. The number of carbonyl (C=O) groups is 1. The minimum absolute atomic E-state index is 0.00425. The molecule has 0 aliphatic rings. The van der Waals surface area contributed by atoms with Crippen molar-refractivity contribution < 1.29 is 14.1 Å². The molecule has 7 nitrogen and oxygen atoms in total. The van der Waals surface area contributed by atoms with E-state index in [1.165, 1.54) is 0 Å². The standard InChI is InChI=1S/C22H21N3O4/c1-2-24-19-10-6-7-11-20(19)25(22(24)27)13-12-21(26)28-15-17-14-18(23-29-17)16-8-4-3-5-9-16/h3-11,14H,2,12-13,15H2,1H3. The van der Waals surface area contributed by atoms with Crippen LogP contribution in [0.5, 0.6) is 0 Å². The molecule has 0 bridgehead atoms. The maximum atomic E-state index is 12.6. The zero-order valence-electron chi connectivity index (χ0n) is 16.1. The van der Waals surface area contributed by atoms with Gasteiger partial charge in [0.1, 0.15) is 5.69 Å². The molecule has 0 atom stereocenters. The van der Waals surface area contributed by atoms with Crippen molar-refractivity contribution >= 4 is 17.0 Å². The van der Waals surface area contributed by atoms with Crippen LogP contribution in [-0.2, 0) is 29.2 Å². The van der Waals surface area contributed by atoms with Crippen LogP contribution in [0.3, 0.4) is 0 Å². The summed E-state index contributed by atoms with van der Waals surface area (Å²) in [6.07, 6.45) is 0.0946. The van der Waals surface area contributed by atoms with Gasteiger partial charge in [-0.25, -0.2) is 4.79 Å². The van der Waals surface area contributed by atoms with Crippen LogP contribution >= 0.6 is 0 Å². The predicted molar refractivity (Wildman–Crippen MR) is 108 cm³/mol. The number of aromatic nitrogens is 3. The van der Waals surface area contributed by atoms with E-state index in [1.807, 2.05) is 61.5 Å². The minimum Gasteiger partial charge on any atom is -0.457 e. The van der Waals surface area contributed by atoms with Gasteiger partial charge in [0.25, 0.3) is 0 Å². The first kappa shape index (κ1) is 18.7. The summed E-state index contributed by atoms with van der Waals surface area (Å²) in [6, 6.07) is 18.9. The Balaban J connectivity index is 1.38. The van der Waals surface area contributed by atoms with Gasteiger partial charge in [-0.1, -0.05) is 47.6 Å². The number of rotatable bonds is 7. The van der Waals surface area contributed by atoms with Crippen molar-refractivity contribution in [3.63, 3.8) is 0 Å². The molecule has 0 saturated heterocycles. The zero-order chi connectivity index (χ0) is 20.2. The summed E-state index contributed by atoms with van der Waals surface area (Å²) >= 11 is 0. The number of carbonyl (C=O) groups excluding carboxylic acids is 1. The lowest BCUT2D eigenvalue weighted by Gasteiger charge is -2.04. The molecule has 0 unspecified atom stereocenters. The first-order chi connectivity index (χ1) is 14.2. The largest absolute Gasteiger partial charge is 0.457 e. The van der Waals surface area contributed by atoms with Gasteiger partial charge in [0.05, 0.1) is 17.5 Å². The summed E-state index contributed by atoms with van der Waals surface area (Å²) in [6.45, 7) is 2.76. The molecule has 29 heavy (non-hydrogen) atoms. The molecule has 0 aliphatic carbocycles. The third-order valence-corrected chi connectivity index (χ3v) is 4.78. The van der Waals surface area contributed by atoms with Crippen LogP contribution in [0.25, 0.3) is 22.3 Å². The first-order valence-corrected chi connectivity index (χ1v) is 9.52. The van der Waals surface area contributed by atoms with Gasteiger partial charge < -0.3 is 9.26 Å². The summed E-state index contributed by atoms with van der Waals surface area (Å²) in [5.74, 6) is 0.0693. The van der Waals surface area contributed by atoms with Gasteiger partial charge in [-0.2, -0.15) is 0 Å². The molecule has 0 N–H and O–H groups in total. The van der Waals surface area contributed by atoms with Crippen LogP contribution < -0.4 is 5.69 Å². The molecule has 148 valence electrons. The van der Waals surface area contributed by atoms with Gasteiger partial charge in [0.15, 0.2) is 12.4 Å². The zero-order valence-corrected chi connectivity index (χ0v) is 16.1. The first-order valence-electron chi connectivity index (χ1n) is 9.52. The molecule has 2 aromatic carbocycles. The van der Waals surface area contributed by atoms with Crippen molar-refractivity contribution in [1.82, 2.24) is 14.3 Å². The number of ether oxygens (including phenoxy) is 1. The molecule has 0 aliphatic heterocycles. The number of fused-ring (bicyclic) bond motifs is 1. The summed E-state index contributed by atoms with van der Waals surface area (Å²) in [5.41, 5.74) is 3.18. The fourth-order valence-electron chi connectivity index (χ4n) is 3.35. The van der Waals surface area contributed by atoms with E-state index in [0.29, 0.717) is 18.0 Å². The summed E-state index contributed by atoms with van der Waals surface area (Å²) in [5, 5.41) is 4.00. The average Bonchev–Trinajstić information content (AvgIpc) is 3.33. The monoisotopic (exact) mass is 391 g/mol. The maximum absolute atomic E-state index is 12.6. The Hall–Kier alpha value is -3.61. The van der Waals surface area contributed by atoms with E-state index in [1.54, 1.807) is 15.2 Å². The lowest BCUT2D eigenvalue weighted by molar-refractivity contribution is -0.145. The number of nitrogens with zero attached hydrogens (tertiary/aromatic N) is 3. The quantitative estimate of drug-likeness (QED) is 0.450. The molecule has 0 saturated carbocycles. The molecule has 7 heteroatoms. The average molecular weight is 391 g/mol. The molecule has 0 fully saturated rings. The highest BCUT2D eigenvalue weighted by atomic mass is 16.5. The minimum atomic E-state index is -0.400. The van der Waals surface area contributed by atoms with E-state index in [4.69, 9.17) is 9.26 Å². The Morgan fingerprint density at radius 3 is 2.45 bits per heavy atom. The number of benzene rings is 2. The van der Waals surface area contributed by atoms with Crippen LogP contribution in [0.15, 0.2) is 70.0 Å². The SMILES string of the molecule is CCn1c(=O)n(CCC(=O)OCc2cc(-c3ccccc3)no2)c2ccccc21. The van der Waals surface area contributed by atoms with Crippen LogP contribution in [0.4, 0.5) is 0 Å². The summed E-state index contributed by atoms with van der Waals surface area (Å²) < 4.78 is 13.8. The van der Waals surface area contributed by atoms with Gasteiger partial charge in [0.2, 0.25) is 0 Å². The van der Waals surface area contributed by atoms with Crippen LogP contribution in [-0.4, -0.2) is 20.3 Å². The van der Waals surface area contributed by atoms with E-state index in [0.717, 1.165) is 16.6 Å². The Bertz CT molecular complexity index is 1190. The second-order valence-electron chi connectivity index (χ2n) is 6.62. The number of hydrogen-bond donors (Lipinski definition) is 0. The number of esters is 1.